The van der Waals surface area contributed by atoms with E-state index in [2.05, 4.69) is 18.9 Å². The molecule has 0 aromatic heterocycles. The van der Waals surface area contributed by atoms with Crippen LogP contribution >= 0.6 is 0 Å². The minimum absolute atomic E-state index is 0.0560. The lowest BCUT2D eigenvalue weighted by molar-refractivity contribution is 0.0340. The Balaban J connectivity index is 3.29. The van der Waals surface area contributed by atoms with Gasteiger partial charge in [-0.3, -0.25) is 0 Å². The standard InChI is InChI=1S/C11H20O8/c12-4-1-6-16-10(14)18-8-3-9-19-11(15)17-7-2-5-13/h12-13H,1-9H2. The van der Waals surface area contributed by atoms with Crippen LogP contribution in [0, 0.1) is 0 Å². The summed E-state index contributed by atoms with van der Waals surface area (Å²) in [7, 11) is 0. The Kier molecular flexibility index (Phi) is 11.9. The molecule has 0 heterocycles. The molecule has 0 aliphatic heterocycles. The summed E-state index contributed by atoms with van der Waals surface area (Å²) in [6, 6.07) is 0. The zero-order chi connectivity index (χ0) is 14.3. The second-order valence-corrected chi connectivity index (χ2v) is 3.40. The summed E-state index contributed by atoms with van der Waals surface area (Å²) in [5.74, 6) is 0. The number of aliphatic hydroxyl groups is 2. The first kappa shape index (κ1) is 17.5. The number of carbonyl (C=O) groups excluding carboxylic acids is 2. The molecule has 0 aromatic carbocycles. The molecular formula is C11H20O8. The Hall–Kier alpha value is -1.54. The van der Waals surface area contributed by atoms with Crippen molar-refractivity contribution in [3.8, 4) is 0 Å². The summed E-state index contributed by atoms with van der Waals surface area (Å²) in [6.07, 6.45) is -0.599. The normalized spacial score (nSPS) is 9.79. The Bertz CT molecular complexity index is 219. The summed E-state index contributed by atoms with van der Waals surface area (Å²) in [6.45, 7) is 0.203. The van der Waals surface area contributed by atoms with Crippen LogP contribution in [0.15, 0.2) is 0 Å². The summed E-state index contributed by atoms with van der Waals surface area (Å²) in [5.41, 5.74) is 0. The molecule has 2 N–H and O–H groups in total. The number of hydrogen-bond donors (Lipinski definition) is 2. The monoisotopic (exact) mass is 280 g/mol. The third-order valence-electron chi connectivity index (χ3n) is 1.77. The Morgan fingerprint density at radius 1 is 0.632 bits per heavy atom. The number of ether oxygens (including phenoxy) is 4. The van der Waals surface area contributed by atoms with Gasteiger partial charge in [-0.1, -0.05) is 0 Å². The fraction of sp³-hybridized carbons (Fsp3) is 0.818. The van der Waals surface area contributed by atoms with E-state index in [4.69, 9.17) is 10.2 Å². The van der Waals surface area contributed by atoms with Crippen LogP contribution in [0.1, 0.15) is 19.3 Å². The van der Waals surface area contributed by atoms with Crippen LogP contribution in [0.25, 0.3) is 0 Å². The van der Waals surface area contributed by atoms with Gasteiger partial charge in [0, 0.05) is 32.5 Å². The molecule has 0 rings (SSSR count). The highest BCUT2D eigenvalue weighted by Crippen LogP contribution is 1.93. The van der Waals surface area contributed by atoms with Crippen LogP contribution < -0.4 is 0 Å². The van der Waals surface area contributed by atoms with Gasteiger partial charge in [0.15, 0.2) is 0 Å². The molecule has 0 aromatic rings. The maximum atomic E-state index is 10.9. The second-order valence-electron chi connectivity index (χ2n) is 3.40. The van der Waals surface area contributed by atoms with Gasteiger partial charge in [-0.2, -0.15) is 0 Å². The predicted molar refractivity (Wildman–Crippen MR) is 62.6 cm³/mol. The van der Waals surface area contributed by atoms with Crippen LogP contribution in [-0.4, -0.2) is 62.2 Å². The SMILES string of the molecule is O=C(OCCCO)OCCCOC(=O)OCCCO. The molecule has 0 fully saturated rings. The minimum Gasteiger partial charge on any atom is -0.434 e. The van der Waals surface area contributed by atoms with Gasteiger partial charge < -0.3 is 29.2 Å². The van der Waals surface area contributed by atoms with E-state index in [1.54, 1.807) is 0 Å². The van der Waals surface area contributed by atoms with Gasteiger partial charge in [0.2, 0.25) is 0 Å². The molecule has 8 heteroatoms. The first-order valence-electron chi connectivity index (χ1n) is 6.01. The van der Waals surface area contributed by atoms with Gasteiger partial charge in [0.25, 0.3) is 0 Å². The molecule has 0 radical (unpaired) electrons. The fourth-order valence-electron chi connectivity index (χ4n) is 0.893. The van der Waals surface area contributed by atoms with E-state index in [-0.39, 0.29) is 39.6 Å². The molecule has 19 heavy (non-hydrogen) atoms. The summed E-state index contributed by atoms with van der Waals surface area (Å²) < 4.78 is 18.5. The molecule has 0 spiro atoms. The van der Waals surface area contributed by atoms with Crippen molar-refractivity contribution in [1.29, 1.82) is 0 Å². The van der Waals surface area contributed by atoms with Gasteiger partial charge in [0.1, 0.15) is 0 Å². The zero-order valence-corrected chi connectivity index (χ0v) is 10.7. The maximum absolute atomic E-state index is 10.9. The molecule has 0 amide bonds. The van der Waals surface area contributed by atoms with E-state index in [0.29, 0.717) is 19.3 Å². The Morgan fingerprint density at radius 3 is 1.26 bits per heavy atom. The lowest BCUT2D eigenvalue weighted by atomic mass is 10.5. The van der Waals surface area contributed by atoms with Crippen molar-refractivity contribution in [1.82, 2.24) is 0 Å². The third kappa shape index (κ3) is 12.7. The molecule has 0 bridgehead atoms. The van der Waals surface area contributed by atoms with Crippen LogP contribution in [0.2, 0.25) is 0 Å². The number of rotatable bonds is 10. The van der Waals surface area contributed by atoms with E-state index in [0.717, 1.165) is 0 Å². The van der Waals surface area contributed by atoms with Gasteiger partial charge >= 0.3 is 12.3 Å². The van der Waals surface area contributed by atoms with E-state index in [1.165, 1.54) is 0 Å². The van der Waals surface area contributed by atoms with Gasteiger partial charge in [0.05, 0.1) is 26.4 Å². The fourth-order valence-corrected chi connectivity index (χ4v) is 0.893. The van der Waals surface area contributed by atoms with Crippen LogP contribution in [0.3, 0.4) is 0 Å². The smallest absolute Gasteiger partial charge is 0.434 e. The molecule has 0 atom stereocenters. The van der Waals surface area contributed by atoms with Crippen LogP contribution in [0.4, 0.5) is 9.59 Å². The highest BCUT2D eigenvalue weighted by Gasteiger charge is 2.05. The largest absolute Gasteiger partial charge is 0.508 e. The molecule has 0 saturated carbocycles. The van der Waals surface area contributed by atoms with Crippen LogP contribution in [-0.2, 0) is 18.9 Å². The maximum Gasteiger partial charge on any atom is 0.508 e. The number of carbonyl (C=O) groups is 2. The molecule has 0 unspecified atom stereocenters. The lowest BCUT2D eigenvalue weighted by Gasteiger charge is -2.07. The van der Waals surface area contributed by atoms with Gasteiger partial charge in [-0.05, 0) is 0 Å². The van der Waals surface area contributed by atoms with E-state index in [9.17, 15) is 9.59 Å². The van der Waals surface area contributed by atoms with Gasteiger partial charge in [-0.25, -0.2) is 9.59 Å². The van der Waals surface area contributed by atoms with Crippen molar-refractivity contribution in [2.75, 3.05) is 39.6 Å². The molecule has 8 nitrogen and oxygen atoms in total. The summed E-state index contributed by atoms with van der Waals surface area (Å²) >= 11 is 0. The average molecular weight is 280 g/mol. The number of aliphatic hydroxyl groups excluding tert-OH is 2. The van der Waals surface area contributed by atoms with Crippen molar-refractivity contribution in [3.63, 3.8) is 0 Å². The lowest BCUT2D eigenvalue weighted by Crippen LogP contribution is -2.13. The average Bonchev–Trinajstić information content (AvgIpc) is 2.39. The highest BCUT2D eigenvalue weighted by molar-refractivity contribution is 5.60. The summed E-state index contributed by atoms with van der Waals surface area (Å²) in [4.78, 5) is 21.8. The van der Waals surface area contributed by atoms with Crippen molar-refractivity contribution in [3.05, 3.63) is 0 Å². The second kappa shape index (κ2) is 12.9. The predicted octanol–water partition coefficient (Wildman–Crippen LogP) is 0.448. The van der Waals surface area contributed by atoms with Crippen molar-refractivity contribution < 1.29 is 38.7 Å². The molecule has 0 aliphatic carbocycles. The molecule has 0 saturated heterocycles. The molecule has 112 valence electrons. The van der Waals surface area contributed by atoms with Crippen molar-refractivity contribution in [2.24, 2.45) is 0 Å². The first-order valence-corrected chi connectivity index (χ1v) is 6.01. The van der Waals surface area contributed by atoms with Crippen LogP contribution in [0.5, 0.6) is 0 Å². The Morgan fingerprint density at radius 2 is 0.947 bits per heavy atom. The third-order valence-corrected chi connectivity index (χ3v) is 1.77. The van der Waals surface area contributed by atoms with Crippen molar-refractivity contribution in [2.45, 2.75) is 19.3 Å². The molecule has 0 aliphatic rings. The highest BCUT2D eigenvalue weighted by atomic mass is 16.7. The summed E-state index contributed by atoms with van der Waals surface area (Å²) in [5, 5.41) is 16.9. The van der Waals surface area contributed by atoms with E-state index >= 15 is 0 Å². The minimum atomic E-state index is -0.820. The number of hydrogen-bond acceptors (Lipinski definition) is 8. The van der Waals surface area contributed by atoms with E-state index in [1.807, 2.05) is 0 Å². The topological polar surface area (TPSA) is 112 Å². The first-order chi connectivity index (χ1) is 9.20. The van der Waals surface area contributed by atoms with E-state index < -0.39 is 12.3 Å². The molecular weight excluding hydrogens is 260 g/mol. The van der Waals surface area contributed by atoms with Gasteiger partial charge in [-0.15, -0.1) is 0 Å². The quantitative estimate of drug-likeness (QED) is 0.438. The van der Waals surface area contributed by atoms with Crippen molar-refractivity contribution >= 4 is 12.3 Å². The Labute approximate surface area is 111 Å². The zero-order valence-electron chi connectivity index (χ0n) is 10.7.